The summed E-state index contributed by atoms with van der Waals surface area (Å²) in [6.07, 6.45) is 10.1. The van der Waals surface area contributed by atoms with E-state index in [1.807, 2.05) is 0 Å². The lowest BCUT2D eigenvalue weighted by molar-refractivity contribution is -0.0731. The van der Waals surface area contributed by atoms with Crippen LogP contribution in [0.3, 0.4) is 0 Å². The van der Waals surface area contributed by atoms with E-state index in [0.29, 0.717) is 0 Å². The molecule has 3 nitrogen and oxygen atoms in total. The van der Waals surface area contributed by atoms with E-state index in [2.05, 4.69) is 47.5 Å². The fourth-order valence-corrected chi connectivity index (χ4v) is 6.08. The minimum Gasteiger partial charge on any atom is -0.338 e. The van der Waals surface area contributed by atoms with Gasteiger partial charge in [0.05, 0.1) is 0 Å². The first-order valence-corrected chi connectivity index (χ1v) is 10.3. The summed E-state index contributed by atoms with van der Waals surface area (Å²) in [5.41, 5.74) is 1.37. The number of carbonyl (C=O) groups is 1. The molecule has 4 bridgehead atoms. The molecule has 0 aromatic heterocycles. The number of hydrogen-bond donors (Lipinski definition) is 1. The molecule has 4 saturated carbocycles. The first-order valence-electron chi connectivity index (χ1n) is 10.3. The molecule has 0 saturated heterocycles. The summed E-state index contributed by atoms with van der Waals surface area (Å²) in [6.45, 7) is 3.73. The van der Waals surface area contributed by atoms with Crippen molar-refractivity contribution in [1.29, 1.82) is 0 Å². The topological polar surface area (TPSA) is 32.3 Å². The van der Waals surface area contributed by atoms with Gasteiger partial charge in [0.25, 0.3) is 0 Å². The zero-order valence-corrected chi connectivity index (χ0v) is 15.5. The van der Waals surface area contributed by atoms with Crippen LogP contribution in [0.1, 0.15) is 63.9 Å². The van der Waals surface area contributed by atoms with Gasteiger partial charge in [0.2, 0.25) is 0 Å². The zero-order valence-electron chi connectivity index (χ0n) is 15.5. The summed E-state index contributed by atoms with van der Waals surface area (Å²) >= 11 is 0. The molecule has 1 aromatic carbocycles. The Morgan fingerprint density at radius 1 is 1.08 bits per heavy atom. The molecule has 0 spiro atoms. The number of hydrogen-bond acceptors (Lipinski definition) is 1. The van der Waals surface area contributed by atoms with Crippen LogP contribution in [0.2, 0.25) is 0 Å². The molecule has 4 aliphatic rings. The van der Waals surface area contributed by atoms with Crippen LogP contribution in [0.4, 0.5) is 4.79 Å². The molecule has 136 valence electrons. The summed E-state index contributed by atoms with van der Waals surface area (Å²) in [6, 6.07) is 10.7. The first-order chi connectivity index (χ1) is 12.2. The fourth-order valence-electron chi connectivity index (χ4n) is 6.08. The van der Waals surface area contributed by atoms with Crippen LogP contribution in [-0.4, -0.2) is 23.0 Å². The number of amides is 2. The molecule has 0 heterocycles. The van der Waals surface area contributed by atoms with Crippen molar-refractivity contribution in [2.75, 3.05) is 6.54 Å². The molecule has 5 rings (SSSR count). The second kappa shape index (κ2) is 7.01. The third kappa shape index (κ3) is 3.43. The van der Waals surface area contributed by atoms with Crippen LogP contribution in [0.5, 0.6) is 0 Å². The lowest BCUT2D eigenvalue weighted by Crippen LogP contribution is -2.62. The van der Waals surface area contributed by atoms with E-state index in [1.54, 1.807) is 0 Å². The highest BCUT2D eigenvalue weighted by atomic mass is 16.2. The van der Waals surface area contributed by atoms with Crippen molar-refractivity contribution in [3.05, 3.63) is 35.9 Å². The molecule has 0 atom stereocenters. The number of benzene rings is 1. The normalized spacial score (nSPS) is 32.6. The monoisotopic (exact) mass is 340 g/mol. The SMILES string of the molecule is CCCCNC(=O)N(Cc1ccccc1)C12CC3CC(CC(C3)C1)C2. The van der Waals surface area contributed by atoms with E-state index in [0.717, 1.165) is 43.7 Å². The van der Waals surface area contributed by atoms with E-state index in [9.17, 15) is 4.79 Å². The minimum atomic E-state index is 0.112. The van der Waals surface area contributed by atoms with Crippen LogP contribution < -0.4 is 5.32 Å². The quantitative estimate of drug-likeness (QED) is 0.729. The second-order valence-electron chi connectivity index (χ2n) is 8.80. The molecular formula is C22H32N2O. The molecule has 0 radical (unpaired) electrons. The van der Waals surface area contributed by atoms with Gasteiger partial charge in [0.1, 0.15) is 0 Å². The molecule has 4 aliphatic carbocycles. The van der Waals surface area contributed by atoms with Crippen molar-refractivity contribution in [3.63, 3.8) is 0 Å². The van der Waals surface area contributed by atoms with E-state index in [-0.39, 0.29) is 11.6 Å². The summed E-state index contributed by atoms with van der Waals surface area (Å²) in [5.74, 6) is 2.56. The number of urea groups is 1. The van der Waals surface area contributed by atoms with Gasteiger partial charge < -0.3 is 10.2 Å². The van der Waals surface area contributed by atoms with Crippen molar-refractivity contribution in [2.45, 2.75) is 70.4 Å². The summed E-state index contributed by atoms with van der Waals surface area (Å²) in [4.78, 5) is 15.4. The molecule has 25 heavy (non-hydrogen) atoms. The van der Waals surface area contributed by atoms with E-state index in [4.69, 9.17) is 0 Å². The Morgan fingerprint density at radius 3 is 2.24 bits per heavy atom. The first kappa shape index (κ1) is 16.9. The molecule has 4 fully saturated rings. The van der Waals surface area contributed by atoms with E-state index < -0.39 is 0 Å². The molecule has 2 amide bonds. The van der Waals surface area contributed by atoms with Crippen LogP contribution >= 0.6 is 0 Å². The van der Waals surface area contributed by atoms with Gasteiger partial charge in [-0.05, 0) is 68.3 Å². The zero-order chi connectivity index (χ0) is 17.3. The number of rotatable bonds is 6. The number of carbonyl (C=O) groups excluding carboxylic acids is 1. The molecular weight excluding hydrogens is 308 g/mol. The largest absolute Gasteiger partial charge is 0.338 e. The van der Waals surface area contributed by atoms with Crippen molar-refractivity contribution < 1.29 is 4.79 Å². The Kier molecular flexibility index (Phi) is 4.75. The van der Waals surface area contributed by atoms with Gasteiger partial charge in [0, 0.05) is 18.6 Å². The average molecular weight is 341 g/mol. The van der Waals surface area contributed by atoms with E-state index >= 15 is 0 Å². The summed E-state index contributed by atoms with van der Waals surface area (Å²) in [7, 11) is 0. The lowest BCUT2D eigenvalue weighted by atomic mass is 9.52. The van der Waals surface area contributed by atoms with Gasteiger partial charge in [-0.25, -0.2) is 4.79 Å². The fraction of sp³-hybridized carbons (Fsp3) is 0.682. The Hall–Kier alpha value is -1.51. The number of nitrogens with zero attached hydrogens (tertiary/aromatic N) is 1. The molecule has 1 aromatic rings. The predicted octanol–water partition coefficient (Wildman–Crippen LogP) is 4.97. The Balaban J connectivity index is 1.57. The van der Waals surface area contributed by atoms with Gasteiger partial charge in [-0.1, -0.05) is 43.7 Å². The van der Waals surface area contributed by atoms with Gasteiger partial charge in [-0.2, -0.15) is 0 Å². The van der Waals surface area contributed by atoms with Crippen LogP contribution in [-0.2, 0) is 6.54 Å². The summed E-state index contributed by atoms with van der Waals surface area (Å²) < 4.78 is 0. The number of unbranched alkanes of at least 4 members (excludes halogenated alkanes) is 1. The lowest BCUT2D eigenvalue weighted by Gasteiger charge is -2.60. The van der Waals surface area contributed by atoms with Crippen molar-refractivity contribution in [1.82, 2.24) is 10.2 Å². The van der Waals surface area contributed by atoms with Crippen molar-refractivity contribution >= 4 is 6.03 Å². The van der Waals surface area contributed by atoms with E-state index in [1.165, 1.54) is 44.1 Å². The van der Waals surface area contributed by atoms with Gasteiger partial charge >= 0.3 is 6.03 Å². The Labute approximate surface area is 152 Å². The maximum Gasteiger partial charge on any atom is 0.318 e. The third-order valence-electron chi connectivity index (χ3n) is 6.81. The Bertz CT molecular complexity index is 562. The Morgan fingerprint density at radius 2 is 1.68 bits per heavy atom. The molecule has 3 heteroatoms. The second-order valence-corrected chi connectivity index (χ2v) is 8.80. The highest BCUT2D eigenvalue weighted by molar-refractivity contribution is 5.75. The van der Waals surface area contributed by atoms with Crippen LogP contribution in [0.25, 0.3) is 0 Å². The minimum absolute atomic E-state index is 0.112. The van der Waals surface area contributed by atoms with Gasteiger partial charge in [-0.3, -0.25) is 0 Å². The third-order valence-corrected chi connectivity index (χ3v) is 6.81. The summed E-state index contributed by atoms with van der Waals surface area (Å²) in [5, 5.41) is 3.22. The maximum atomic E-state index is 13.2. The average Bonchev–Trinajstić information content (AvgIpc) is 2.59. The number of nitrogens with one attached hydrogen (secondary N) is 1. The standard InChI is InChI=1S/C22H32N2O/c1-2-3-9-23-21(25)24(16-17-7-5-4-6-8-17)22-13-18-10-19(14-22)12-20(11-18)15-22/h4-8,18-20H,2-3,9-16H2,1H3,(H,23,25). The molecule has 0 aliphatic heterocycles. The highest BCUT2D eigenvalue weighted by Crippen LogP contribution is 2.58. The van der Waals surface area contributed by atoms with Gasteiger partial charge in [-0.15, -0.1) is 0 Å². The predicted molar refractivity (Wildman–Crippen MR) is 101 cm³/mol. The maximum absolute atomic E-state index is 13.2. The smallest absolute Gasteiger partial charge is 0.318 e. The molecule has 1 N–H and O–H groups in total. The van der Waals surface area contributed by atoms with Crippen molar-refractivity contribution in [2.24, 2.45) is 17.8 Å². The van der Waals surface area contributed by atoms with Crippen molar-refractivity contribution in [3.8, 4) is 0 Å². The van der Waals surface area contributed by atoms with Crippen LogP contribution in [0.15, 0.2) is 30.3 Å². The highest BCUT2D eigenvalue weighted by Gasteiger charge is 2.54. The van der Waals surface area contributed by atoms with Gasteiger partial charge in [0.15, 0.2) is 0 Å². The van der Waals surface area contributed by atoms with Crippen LogP contribution in [0, 0.1) is 17.8 Å². The molecule has 0 unspecified atom stereocenters.